The average molecular weight is 166 g/mol. The minimum absolute atomic E-state index is 0.355. The summed E-state index contributed by atoms with van der Waals surface area (Å²) in [6, 6.07) is 0. The van der Waals surface area contributed by atoms with Crippen molar-refractivity contribution in [1.82, 2.24) is 0 Å². The second-order valence-electron chi connectivity index (χ2n) is 2.21. The van der Waals surface area contributed by atoms with E-state index in [1.54, 1.807) is 13.0 Å². The summed E-state index contributed by atoms with van der Waals surface area (Å²) < 4.78 is 4.76. The molecule has 0 aliphatic carbocycles. The first-order valence-electron chi connectivity index (χ1n) is 3.56. The van der Waals surface area contributed by atoms with E-state index in [2.05, 4.69) is 23.1 Å². The molecule has 0 rings (SSSR count). The Morgan fingerprint density at radius 1 is 1.33 bits per heavy atom. The van der Waals surface area contributed by atoms with Gasteiger partial charge in [0.2, 0.25) is 5.88 Å². The molecule has 66 valence electrons. The number of ether oxygens (including phenoxy) is 1. The molecule has 12 heavy (non-hydrogen) atoms. The number of aliphatic imine (C=N–C) groups is 2. The zero-order valence-electron chi connectivity index (χ0n) is 7.79. The van der Waals surface area contributed by atoms with Crippen LogP contribution in [0.2, 0.25) is 0 Å². The molecule has 0 saturated carbocycles. The Balaban J connectivity index is 4.39. The number of amidine groups is 1. The smallest absolute Gasteiger partial charge is 0.207 e. The lowest BCUT2D eigenvalue weighted by Gasteiger charge is -1.97. The maximum absolute atomic E-state index is 4.76. The molecule has 0 amide bonds. The summed E-state index contributed by atoms with van der Waals surface area (Å²) in [5.41, 5.74) is 0.820. The van der Waals surface area contributed by atoms with Gasteiger partial charge < -0.3 is 4.74 Å². The molecule has 0 N–H and O–H groups in total. The fourth-order valence-corrected chi connectivity index (χ4v) is 0.552. The van der Waals surface area contributed by atoms with Gasteiger partial charge in [-0.05, 0) is 26.5 Å². The highest BCUT2D eigenvalue weighted by atomic mass is 16.5. The molecule has 0 spiro atoms. The van der Waals surface area contributed by atoms with Gasteiger partial charge in [-0.2, -0.15) is 4.99 Å². The summed E-state index contributed by atoms with van der Waals surface area (Å²) >= 11 is 0. The van der Waals surface area contributed by atoms with Gasteiger partial charge in [0, 0.05) is 5.71 Å². The monoisotopic (exact) mass is 166 g/mol. The van der Waals surface area contributed by atoms with Crippen LogP contribution in [0.25, 0.3) is 0 Å². The van der Waals surface area contributed by atoms with E-state index in [0.29, 0.717) is 11.7 Å². The lowest BCUT2D eigenvalue weighted by molar-refractivity contribution is 0.290. The van der Waals surface area contributed by atoms with Crippen LogP contribution in [0.15, 0.2) is 35.1 Å². The van der Waals surface area contributed by atoms with Crippen LogP contribution in [-0.2, 0) is 4.74 Å². The van der Waals surface area contributed by atoms with Crippen LogP contribution in [0.5, 0.6) is 0 Å². The standard InChI is InChI=1S/C9H14N2O/c1-6-7(2)10-8(3)11-9(4)12-5/h6H,1,4H2,2-3,5H3. The topological polar surface area (TPSA) is 34.0 Å². The van der Waals surface area contributed by atoms with Crippen molar-refractivity contribution in [2.45, 2.75) is 13.8 Å². The minimum Gasteiger partial charge on any atom is -0.481 e. The van der Waals surface area contributed by atoms with Gasteiger partial charge in [-0.3, -0.25) is 0 Å². The summed E-state index contributed by atoms with van der Waals surface area (Å²) in [6.45, 7) is 10.7. The fraction of sp³-hybridized carbons (Fsp3) is 0.333. The van der Waals surface area contributed by atoms with E-state index in [4.69, 9.17) is 4.74 Å². The Morgan fingerprint density at radius 3 is 2.33 bits per heavy atom. The largest absolute Gasteiger partial charge is 0.481 e. The highest BCUT2D eigenvalue weighted by molar-refractivity contribution is 6.01. The highest BCUT2D eigenvalue weighted by Gasteiger charge is 1.89. The molecular weight excluding hydrogens is 152 g/mol. The van der Waals surface area contributed by atoms with E-state index in [-0.39, 0.29) is 0 Å². The first-order valence-corrected chi connectivity index (χ1v) is 3.56. The third-order valence-corrected chi connectivity index (χ3v) is 1.16. The Bertz CT molecular complexity index is 239. The van der Waals surface area contributed by atoms with Crippen LogP contribution in [0.4, 0.5) is 0 Å². The van der Waals surface area contributed by atoms with Crippen molar-refractivity contribution in [3.63, 3.8) is 0 Å². The Labute approximate surface area is 73.2 Å². The van der Waals surface area contributed by atoms with Gasteiger partial charge in [0.15, 0.2) is 0 Å². The molecule has 3 heteroatoms. The molecule has 0 aliphatic heterocycles. The summed E-state index contributed by atoms with van der Waals surface area (Å²) in [7, 11) is 1.52. The van der Waals surface area contributed by atoms with Crippen molar-refractivity contribution in [1.29, 1.82) is 0 Å². The van der Waals surface area contributed by atoms with Gasteiger partial charge in [-0.25, -0.2) is 4.99 Å². The SMILES string of the molecule is C=CC(C)=NC(C)=NC(=C)OC. The number of hydrogen-bond acceptors (Lipinski definition) is 2. The zero-order valence-corrected chi connectivity index (χ0v) is 7.79. The molecule has 0 aromatic carbocycles. The molecular formula is C9H14N2O. The van der Waals surface area contributed by atoms with E-state index < -0.39 is 0 Å². The van der Waals surface area contributed by atoms with Gasteiger partial charge >= 0.3 is 0 Å². The van der Waals surface area contributed by atoms with Crippen LogP contribution in [0.1, 0.15) is 13.8 Å². The Morgan fingerprint density at radius 2 is 1.92 bits per heavy atom. The van der Waals surface area contributed by atoms with E-state index in [1.165, 1.54) is 7.11 Å². The number of methoxy groups -OCH3 is 1. The quantitative estimate of drug-likeness (QED) is 0.359. The van der Waals surface area contributed by atoms with Crippen LogP contribution in [-0.4, -0.2) is 18.7 Å². The second-order valence-corrected chi connectivity index (χ2v) is 2.21. The van der Waals surface area contributed by atoms with Gasteiger partial charge in [0.05, 0.1) is 7.11 Å². The van der Waals surface area contributed by atoms with Crippen LogP contribution < -0.4 is 0 Å². The third-order valence-electron chi connectivity index (χ3n) is 1.16. The van der Waals surface area contributed by atoms with E-state index in [0.717, 1.165) is 5.71 Å². The molecule has 3 nitrogen and oxygen atoms in total. The number of allylic oxidation sites excluding steroid dienone is 1. The van der Waals surface area contributed by atoms with E-state index >= 15 is 0 Å². The van der Waals surface area contributed by atoms with Crippen molar-refractivity contribution in [2.75, 3.05) is 7.11 Å². The zero-order chi connectivity index (χ0) is 9.56. The molecule has 0 fully saturated rings. The number of rotatable bonds is 3. The lowest BCUT2D eigenvalue weighted by Crippen LogP contribution is -1.93. The van der Waals surface area contributed by atoms with Gasteiger partial charge in [-0.15, -0.1) is 0 Å². The average Bonchev–Trinajstić information content (AvgIpc) is 2.03. The van der Waals surface area contributed by atoms with Crippen LogP contribution >= 0.6 is 0 Å². The second kappa shape index (κ2) is 5.29. The normalized spacial score (nSPS) is 12.6. The van der Waals surface area contributed by atoms with Gasteiger partial charge in [0.1, 0.15) is 5.84 Å². The minimum atomic E-state index is 0.355. The van der Waals surface area contributed by atoms with Gasteiger partial charge in [-0.1, -0.05) is 6.58 Å². The van der Waals surface area contributed by atoms with E-state index in [9.17, 15) is 0 Å². The third kappa shape index (κ3) is 4.44. The molecule has 0 bridgehead atoms. The Kier molecular flexibility index (Phi) is 4.69. The summed E-state index contributed by atoms with van der Waals surface area (Å²) in [6.07, 6.45) is 1.66. The number of nitrogens with zero attached hydrogens (tertiary/aromatic N) is 2. The van der Waals surface area contributed by atoms with Crippen molar-refractivity contribution in [2.24, 2.45) is 9.98 Å². The predicted octanol–water partition coefficient (Wildman–Crippen LogP) is 2.17. The summed E-state index contributed by atoms with van der Waals surface area (Å²) in [5.74, 6) is 0.965. The maximum atomic E-state index is 4.76. The molecule has 0 atom stereocenters. The van der Waals surface area contributed by atoms with Crippen LogP contribution in [0.3, 0.4) is 0 Å². The van der Waals surface area contributed by atoms with Crippen molar-refractivity contribution in [3.8, 4) is 0 Å². The van der Waals surface area contributed by atoms with Crippen LogP contribution in [0, 0.1) is 0 Å². The molecule has 0 heterocycles. The molecule has 0 aromatic rings. The van der Waals surface area contributed by atoms with E-state index in [1.807, 2.05) is 6.92 Å². The first kappa shape index (κ1) is 10.6. The molecule has 0 unspecified atom stereocenters. The summed E-state index contributed by atoms with van der Waals surface area (Å²) in [4.78, 5) is 8.04. The first-order chi connectivity index (χ1) is 5.60. The maximum Gasteiger partial charge on any atom is 0.207 e. The van der Waals surface area contributed by atoms with Crippen molar-refractivity contribution < 1.29 is 4.74 Å². The van der Waals surface area contributed by atoms with Crippen molar-refractivity contribution >= 4 is 11.5 Å². The molecule has 0 aromatic heterocycles. The number of hydrogen-bond donors (Lipinski definition) is 0. The molecule has 0 aliphatic rings. The fourth-order valence-electron chi connectivity index (χ4n) is 0.552. The molecule has 0 radical (unpaired) electrons. The van der Waals surface area contributed by atoms with Crippen molar-refractivity contribution in [3.05, 3.63) is 25.1 Å². The lowest BCUT2D eigenvalue weighted by atomic mass is 10.4. The van der Waals surface area contributed by atoms with Gasteiger partial charge in [0.25, 0.3) is 0 Å². The summed E-state index contributed by atoms with van der Waals surface area (Å²) in [5, 5.41) is 0. The molecule has 0 saturated heterocycles. The predicted molar refractivity (Wildman–Crippen MR) is 52.6 cm³/mol. The highest BCUT2D eigenvalue weighted by Crippen LogP contribution is 1.94. The Hall–Kier alpha value is -1.38.